The molecule has 0 radical (unpaired) electrons. The van der Waals surface area contributed by atoms with Gasteiger partial charge < -0.3 is 9.64 Å². The van der Waals surface area contributed by atoms with E-state index in [9.17, 15) is 4.79 Å². The summed E-state index contributed by atoms with van der Waals surface area (Å²) in [5.41, 5.74) is -0.438. The Balaban J connectivity index is 1.74. The number of carbonyl (C=O) groups is 1. The largest absolute Gasteiger partial charge is 0.468 e. The van der Waals surface area contributed by atoms with Gasteiger partial charge in [-0.1, -0.05) is 6.92 Å². The molecule has 0 amide bonds. The van der Waals surface area contributed by atoms with Crippen LogP contribution in [0.25, 0.3) is 0 Å². The Morgan fingerprint density at radius 3 is 2.60 bits per heavy atom. The van der Waals surface area contributed by atoms with Crippen LogP contribution in [0.5, 0.6) is 0 Å². The molecule has 0 aromatic heterocycles. The molecule has 3 rings (SSSR count). The number of carbonyl (C=O) groups excluding carboxylic acids is 1. The van der Waals surface area contributed by atoms with Crippen LogP contribution in [0.3, 0.4) is 0 Å². The first-order valence-corrected chi connectivity index (χ1v) is 8.22. The van der Waals surface area contributed by atoms with E-state index in [1.807, 2.05) is 0 Å². The van der Waals surface area contributed by atoms with Crippen LogP contribution in [0, 0.1) is 11.8 Å². The van der Waals surface area contributed by atoms with Gasteiger partial charge in [-0.2, -0.15) is 0 Å². The van der Waals surface area contributed by atoms with Gasteiger partial charge in [0.05, 0.1) is 7.11 Å². The summed E-state index contributed by atoms with van der Waals surface area (Å²) in [7, 11) is 1.53. The number of methoxy groups -OCH3 is 1. The minimum absolute atomic E-state index is 0.0369. The highest BCUT2D eigenvalue weighted by atomic mass is 16.5. The second-order valence-corrected chi connectivity index (χ2v) is 7.14. The molecule has 0 bridgehead atoms. The fourth-order valence-corrected chi connectivity index (χ4v) is 3.72. The maximum atomic E-state index is 12.5. The fourth-order valence-electron chi connectivity index (χ4n) is 3.72. The summed E-state index contributed by atoms with van der Waals surface area (Å²) < 4.78 is 5.19. The number of nitrogens with one attached hydrogen (secondary N) is 1. The summed E-state index contributed by atoms with van der Waals surface area (Å²) in [6.07, 6.45) is 7.33. The van der Waals surface area contributed by atoms with E-state index in [1.165, 1.54) is 32.8 Å². The van der Waals surface area contributed by atoms with E-state index in [0.717, 1.165) is 38.4 Å². The maximum Gasteiger partial charge on any atom is 0.327 e. The lowest BCUT2D eigenvalue weighted by molar-refractivity contribution is -0.151. The Kier molecular flexibility index (Phi) is 4.04. The SMILES string of the molecule is COC(=O)C(CN1CCCC(C)C1)(NC1CC1)C1CC1. The van der Waals surface area contributed by atoms with Gasteiger partial charge in [0.2, 0.25) is 0 Å². The Morgan fingerprint density at radius 1 is 1.30 bits per heavy atom. The highest BCUT2D eigenvalue weighted by Crippen LogP contribution is 2.43. The number of esters is 1. The molecule has 2 atom stereocenters. The van der Waals surface area contributed by atoms with Crippen LogP contribution in [0.15, 0.2) is 0 Å². The molecule has 20 heavy (non-hydrogen) atoms. The van der Waals surface area contributed by atoms with E-state index in [0.29, 0.717) is 12.0 Å². The second kappa shape index (κ2) is 5.64. The zero-order chi connectivity index (χ0) is 14.2. The van der Waals surface area contributed by atoms with Crippen molar-refractivity contribution in [2.24, 2.45) is 11.8 Å². The summed E-state index contributed by atoms with van der Waals surface area (Å²) in [6, 6.07) is 0.539. The lowest BCUT2D eigenvalue weighted by Crippen LogP contribution is -2.62. The quantitative estimate of drug-likeness (QED) is 0.753. The highest BCUT2D eigenvalue weighted by Gasteiger charge is 2.54. The van der Waals surface area contributed by atoms with Crippen molar-refractivity contribution in [1.82, 2.24) is 10.2 Å². The number of rotatable bonds is 6. The molecule has 1 heterocycles. The third kappa shape index (κ3) is 3.01. The molecule has 1 aliphatic heterocycles. The van der Waals surface area contributed by atoms with Gasteiger partial charge >= 0.3 is 5.97 Å². The van der Waals surface area contributed by atoms with Gasteiger partial charge in [0.25, 0.3) is 0 Å². The molecule has 2 aliphatic carbocycles. The molecule has 3 fully saturated rings. The summed E-state index contributed by atoms with van der Waals surface area (Å²) in [4.78, 5) is 15.0. The Bertz CT molecular complexity index is 365. The Hall–Kier alpha value is -0.610. The molecule has 4 nitrogen and oxygen atoms in total. The Labute approximate surface area is 122 Å². The van der Waals surface area contributed by atoms with Crippen LogP contribution in [0.2, 0.25) is 0 Å². The average Bonchev–Trinajstić information content (AvgIpc) is 3.28. The first-order chi connectivity index (χ1) is 9.64. The van der Waals surface area contributed by atoms with E-state index in [1.54, 1.807) is 0 Å². The van der Waals surface area contributed by atoms with Gasteiger partial charge in [-0.05, 0) is 56.9 Å². The lowest BCUT2D eigenvalue weighted by atomic mass is 9.90. The van der Waals surface area contributed by atoms with E-state index in [4.69, 9.17) is 4.74 Å². The van der Waals surface area contributed by atoms with Crippen LogP contribution >= 0.6 is 0 Å². The van der Waals surface area contributed by atoms with Crippen LogP contribution in [0.4, 0.5) is 0 Å². The first kappa shape index (κ1) is 14.3. The summed E-state index contributed by atoms with van der Waals surface area (Å²) in [5, 5.41) is 3.66. The average molecular weight is 280 g/mol. The highest BCUT2D eigenvalue weighted by molar-refractivity contribution is 5.82. The van der Waals surface area contributed by atoms with Gasteiger partial charge in [0, 0.05) is 19.1 Å². The number of ether oxygens (including phenoxy) is 1. The fraction of sp³-hybridized carbons (Fsp3) is 0.938. The molecule has 3 aliphatic rings. The zero-order valence-corrected chi connectivity index (χ0v) is 12.9. The van der Waals surface area contributed by atoms with E-state index in [2.05, 4.69) is 17.1 Å². The number of hydrogen-bond donors (Lipinski definition) is 1. The molecular formula is C16H28N2O2. The molecule has 114 valence electrons. The third-order valence-corrected chi connectivity index (χ3v) is 5.08. The molecule has 0 spiro atoms. The maximum absolute atomic E-state index is 12.5. The Morgan fingerprint density at radius 2 is 2.05 bits per heavy atom. The van der Waals surface area contributed by atoms with Crippen molar-refractivity contribution in [1.29, 1.82) is 0 Å². The first-order valence-electron chi connectivity index (χ1n) is 8.22. The number of likely N-dealkylation sites (tertiary alicyclic amines) is 1. The number of nitrogens with zero attached hydrogens (tertiary/aromatic N) is 1. The topological polar surface area (TPSA) is 41.6 Å². The molecular weight excluding hydrogens is 252 g/mol. The predicted octanol–water partition coefficient (Wildman–Crippen LogP) is 1.79. The minimum atomic E-state index is -0.438. The van der Waals surface area contributed by atoms with E-state index in [-0.39, 0.29) is 5.97 Å². The smallest absolute Gasteiger partial charge is 0.327 e. The molecule has 2 saturated carbocycles. The second-order valence-electron chi connectivity index (χ2n) is 7.14. The van der Waals surface area contributed by atoms with Crippen LogP contribution in [-0.4, -0.2) is 49.2 Å². The van der Waals surface area contributed by atoms with Crippen molar-refractivity contribution < 1.29 is 9.53 Å². The molecule has 1 saturated heterocycles. The van der Waals surface area contributed by atoms with Crippen LogP contribution < -0.4 is 5.32 Å². The molecule has 1 N–H and O–H groups in total. The van der Waals surface area contributed by atoms with Gasteiger partial charge in [-0.25, -0.2) is 4.79 Å². The third-order valence-electron chi connectivity index (χ3n) is 5.08. The van der Waals surface area contributed by atoms with E-state index < -0.39 is 5.54 Å². The molecule has 2 unspecified atom stereocenters. The van der Waals surface area contributed by atoms with Gasteiger partial charge in [-0.15, -0.1) is 0 Å². The van der Waals surface area contributed by atoms with Crippen LogP contribution in [0.1, 0.15) is 45.4 Å². The number of piperidine rings is 1. The van der Waals surface area contributed by atoms with Crippen molar-refractivity contribution in [3.8, 4) is 0 Å². The normalized spacial score (nSPS) is 30.8. The van der Waals surface area contributed by atoms with Gasteiger partial charge in [-0.3, -0.25) is 5.32 Å². The standard InChI is InChI=1S/C16H28N2O2/c1-12-4-3-9-18(10-12)11-16(13-5-6-13,15(19)20-2)17-14-7-8-14/h12-14,17H,3-11H2,1-2H3. The van der Waals surface area contributed by atoms with Crippen molar-refractivity contribution in [2.45, 2.75) is 57.0 Å². The minimum Gasteiger partial charge on any atom is -0.468 e. The number of hydrogen-bond acceptors (Lipinski definition) is 4. The van der Waals surface area contributed by atoms with Crippen LogP contribution in [-0.2, 0) is 9.53 Å². The molecule has 0 aromatic rings. The van der Waals surface area contributed by atoms with Crippen molar-refractivity contribution in [3.63, 3.8) is 0 Å². The summed E-state index contributed by atoms with van der Waals surface area (Å²) in [5.74, 6) is 1.19. The van der Waals surface area contributed by atoms with Crippen molar-refractivity contribution >= 4 is 5.97 Å². The van der Waals surface area contributed by atoms with E-state index >= 15 is 0 Å². The monoisotopic (exact) mass is 280 g/mol. The van der Waals surface area contributed by atoms with Crippen molar-refractivity contribution in [2.75, 3.05) is 26.7 Å². The predicted molar refractivity (Wildman–Crippen MR) is 78.5 cm³/mol. The van der Waals surface area contributed by atoms with Gasteiger partial charge in [0.15, 0.2) is 0 Å². The molecule has 4 heteroatoms. The van der Waals surface area contributed by atoms with Crippen molar-refractivity contribution in [3.05, 3.63) is 0 Å². The lowest BCUT2D eigenvalue weighted by Gasteiger charge is -2.40. The summed E-state index contributed by atoms with van der Waals surface area (Å²) in [6.45, 7) is 5.41. The molecule has 0 aromatic carbocycles. The van der Waals surface area contributed by atoms with Gasteiger partial charge in [0.1, 0.15) is 5.54 Å². The zero-order valence-electron chi connectivity index (χ0n) is 12.9. The summed E-state index contributed by atoms with van der Waals surface area (Å²) >= 11 is 0.